The maximum atomic E-state index is 14.4. The summed E-state index contributed by atoms with van der Waals surface area (Å²) >= 11 is 0. The molecule has 1 saturated heterocycles. The highest BCUT2D eigenvalue weighted by Gasteiger charge is 2.52. The van der Waals surface area contributed by atoms with Crippen molar-refractivity contribution in [2.45, 2.75) is 62.6 Å². The third kappa shape index (κ3) is 5.40. The number of carbonyl (C=O) groups excluding carboxylic acids is 1. The molecule has 45 heavy (non-hydrogen) atoms. The fourth-order valence-corrected chi connectivity index (χ4v) is 6.87. The molecule has 3 aliphatic rings. The first-order chi connectivity index (χ1) is 21.0. The normalized spacial score (nSPS) is 19.2. The molecule has 1 aliphatic carbocycles. The van der Waals surface area contributed by atoms with Crippen molar-refractivity contribution in [3.05, 3.63) is 76.4 Å². The van der Waals surface area contributed by atoms with Crippen molar-refractivity contribution in [1.29, 1.82) is 0 Å². The van der Waals surface area contributed by atoms with Crippen LogP contribution >= 0.6 is 0 Å². The predicted octanol–water partition coefficient (Wildman–Crippen LogP) is 5.58. The molecule has 0 radical (unpaired) electrons. The largest absolute Gasteiger partial charge is 0.465 e. The van der Waals surface area contributed by atoms with Crippen LogP contribution in [0.1, 0.15) is 64.6 Å². The molecule has 0 atom stereocenters. The fraction of sp³-hybridized carbons (Fsp3) is 0.467. The number of amides is 2. The van der Waals surface area contributed by atoms with Gasteiger partial charge >= 0.3 is 18.4 Å². The zero-order chi connectivity index (χ0) is 32.5. The quantitative estimate of drug-likeness (QED) is 0.341. The van der Waals surface area contributed by atoms with E-state index in [4.69, 9.17) is 0 Å². The van der Waals surface area contributed by atoms with Gasteiger partial charge in [-0.3, -0.25) is 14.6 Å². The van der Waals surface area contributed by atoms with Gasteiger partial charge < -0.3 is 14.6 Å². The first-order valence-corrected chi connectivity index (χ1v) is 14.3. The van der Waals surface area contributed by atoms with Crippen molar-refractivity contribution in [3.63, 3.8) is 0 Å². The number of carbonyl (C=O) groups is 2. The first-order valence-electron chi connectivity index (χ1n) is 14.3. The van der Waals surface area contributed by atoms with Crippen LogP contribution < -0.4 is 4.90 Å². The van der Waals surface area contributed by atoms with Gasteiger partial charge in [0.05, 0.1) is 24.1 Å². The average Bonchev–Trinajstić information content (AvgIpc) is 3.49. The summed E-state index contributed by atoms with van der Waals surface area (Å²) in [5.41, 5.74) is -2.22. The van der Waals surface area contributed by atoms with E-state index in [1.807, 2.05) is 0 Å². The molecular weight excluding hydrogens is 606 g/mol. The highest BCUT2D eigenvalue weighted by atomic mass is 19.4. The number of rotatable bonds is 7. The van der Waals surface area contributed by atoms with Crippen LogP contribution in [0.3, 0.4) is 0 Å². The van der Waals surface area contributed by atoms with Crippen LogP contribution in [0.2, 0.25) is 0 Å². The summed E-state index contributed by atoms with van der Waals surface area (Å²) in [6, 6.07) is 8.69. The number of anilines is 1. The van der Waals surface area contributed by atoms with Crippen LogP contribution in [-0.4, -0.2) is 73.0 Å². The molecule has 2 fully saturated rings. The van der Waals surface area contributed by atoms with Crippen molar-refractivity contribution < 1.29 is 41.0 Å². The van der Waals surface area contributed by atoms with Gasteiger partial charge in [-0.05, 0) is 67.1 Å². The topological polar surface area (TPSA) is 94.8 Å². The highest BCUT2D eigenvalue weighted by molar-refractivity contribution is 6.10. The van der Waals surface area contributed by atoms with Gasteiger partial charge in [0.2, 0.25) is 0 Å². The highest BCUT2D eigenvalue weighted by Crippen LogP contribution is 2.45. The molecule has 3 heterocycles. The number of fused-ring (bicyclic) bond motifs is 1. The van der Waals surface area contributed by atoms with E-state index in [2.05, 4.69) is 10.2 Å². The van der Waals surface area contributed by atoms with Gasteiger partial charge in [0, 0.05) is 43.5 Å². The number of likely N-dealkylation sites (tertiary alicyclic amines) is 1. The third-order valence-corrected chi connectivity index (χ3v) is 9.30. The first kappa shape index (κ1) is 30.9. The molecule has 240 valence electrons. The van der Waals surface area contributed by atoms with Gasteiger partial charge in [0.1, 0.15) is 12.2 Å². The molecule has 2 aromatic carbocycles. The second kappa shape index (κ2) is 10.5. The van der Waals surface area contributed by atoms with E-state index in [1.54, 1.807) is 42.8 Å². The van der Waals surface area contributed by atoms with Gasteiger partial charge in [-0.25, -0.2) is 4.79 Å². The van der Waals surface area contributed by atoms with Crippen LogP contribution in [0.4, 0.5) is 36.8 Å². The molecule has 0 spiro atoms. The zero-order valence-corrected chi connectivity index (χ0v) is 24.4. The fourth-order valence-electron chi connectivity index (χ4n) is 6.87. The Morgan fingerprint density at radius 3 is 2.36 bits per heavy atom. The standard InChI is InChI=1S/C30H30F6N6O3/c1-27(7-4-8-27)42(26(44)45)12-18-9-21-22(23(10-18)30(34,35)36)13-41(24(21)43)20-6-3-5-19(11-20)28(25-38-37-17-39(25)2)14-40(15-28)16-29(31,32)33/h3,5-6,9-11,17H,4,7-8,12-16H2,1-2H3,(H,44,45). The number of aryl methyl sites for hydroxylation is 1. The monoisotopic (exact) mass is 636 g/mol. The molecule has 2 aliphatic heterocycles. The van der Waals surface area contributed by atoms with Gasteiger partial charge in [-0.1, -0.05) is 12.1 Å². The maximum absolute atomic E-state index is 14.4. The lowest BCUT2D eigenvalue weighted by Gasteiger charge is -2.49. The molecule has 0 bridgehead atoms. The van der Waals surface area contributed by atoms with Gasteiger partial charge in [-0.2, -0.15) is 26.3 Å². The number of carboxylic acid groups (broad SMARTS) is 1. The van der Waals surface area contributed by atoms with E-state index in [0.717, 1.165) is 17.4 Å². The number of nitrogens with zero attached hydrogens (tertiary/aromatic N) is 6. The van der Waals surface area contributed by atoms with Crippen LogP contribution in [-0.2, 0) is 31.7 Å². The maximum Gasteiger partial charge on any atom is 0.416 e. The second-order valence-electron chi connectivity index (χ2n) is 12.4. The zero-order valence-electron chi connectivity index (χ0n) is 24.4. The Morgan fingerprint density at radius 1 is 1.09 bits per heavy atom. The van der Waals surface area contributed by atoms with E-state index in [0.29, 0.717) is 24.2 Å². The van der Waals surface area contributed by atoms with Crippen molar-refractivity contribution >= 4 is 17.7 Å². The molecule has 9 nitrogen and oxygen atoms in total. The Balaban J connectivity index is 1.34. The Labute approximate surface area is 254 Å². The van der Waals surface area contributed by atoms with Crippen molar-refractivity contribution in [2.75, 3.05) is 24.5 Å². The number of benzene rings is 2. The van der Waals surface area contributed by atoms with E-state index in [-0.39, 0.29) is 48.6 Å². The number of hydrogen-bond acceptors (Lipinski definition) is 5. The van der Waals surface area contributed by atoms with Crippen molar-refractivity contribution in [1.82, 2.24) is 24.6 Å². The third-order valence-electron chi connectivity index (χ3n) is 9.30. The number of hydrogen-bond donors (Lipinski definition) is 1. The molecular formula is C30H30F6N6O3. The number of alkyl halides is 6. The van der Waals surface area contributed by atoms with Crippen molar-refractivity contribution in [3.8, 4) is 0 Å². The summed E-state index contributed by atoms with van der Waals surface area (Å²) in [7, 11) is 1.67. The van der Waals surface area contributed by atoms with E-state index < -0.39 is 47.4 Å². The lowest BCUT2D eigenvalue weighted by molar-refractivity contribution is -0.159. The molecule has 1 saturated carbocycles. The molecule has 6 rings (SSSR count). The minimum absolute atomic E-state index is 0.0305. The number of halogens is 6. The molecule has 1 aromatic heterocycles. The van der Waals surface area contributed by atoms with Crippen LogP contribution in [0.5, 0.6) is 0 Å². The summed E-state index contributed by atoms with van der Waals surface area (Å²) in [4.78, 5) is 29.3. The lowest BCUT2D eigenvalue weighted by atomic mass is 9.72. The summed E-state index contributed by atoms with van der Waals surface area (Å²) in [5, 5.41) is 17.9. The summed E-state index contributed by atoms with van der Waals surface area (Å²) in [6.07, 6.45) is -7.06. The Bertz CT molecular complexity index is 1660. The summed E-state index contributed by atoms with van der Waals surface area (Å²) < 4.78 is 84.1. The van der Waals surface area contributed by atoms with Crippen molar-refractivity contribution in [2.24, 2.45) is 7.05 Å². The van der Waals surface area contributed by atoms with Gasteiger partial charge in [-0.15, -0.1) is 10.2 Å². The van der Waals surface area contributed by atoms with E-state index in [9.17, 15) is 41.0 Å². The second-order valence-corrected chi connectivity index (χ2v) is 12.4. The number of aromatic nitrogens is 3. The van der Waals surface area contributed by atoms with Crippen LogP contribution in [0.15, 0.2) is 42.7 Å². The molecule has 15 heteroatoms. The average molecular weight is 637 g/mol. The minimum atomic E-state index is -4.81. The smallest absolute Gasteiger partial charge is 0.416 e. The molecule has 3 aromatic rings. The Hall–Kier alpha value is -4.14. The van der Waals surface area contributed by atoms with Crippen LogP contribution in [0, 0.1) is 0 Å². The predicted molar refractivity (Wildman–Crippen MR) is 149 cm³/mol. The molecule has 0 unspecified atom stereocenters. The van der Waals surface area contributed by atoms with Gasteiger partial charge in [0.25, 0.3) is 5.91 Å². The molecule has 1 N–H and O–H groups in total. The van der Waals surface area contributed by atoms with Gasteiger partial charge in [0.15, 0.2) is 0 Å². The van der Waals surface area contributed by atoms with E-state index >= 15 is 0 Å². The minimum Gasteiger partial charge on any atom is -0.465 e. The van der Waals surface area contributed by atoms with E-state index in [1.165, 1.54) is 22.2 Å². The summed E-state index contributed by atoms with van der Waals surface area (Å²) in [5.74, 6) is -0.271. The Kier molecular flexibility index (Phi) is 7.17. The summed E-state index contributed by atoms with van der Waals surface area (Å²) in [6.45, 7) is -0.119. The lowest BCUT2D eigenvalue weighted by Crippen LogP contribution is -2.62. The Morgan fingerprint density at radius 2 is 1.80 bits per heavy atom. The SMILES string of the molecule is Cn1cnnc1C1(c2cccc(N3Cc4c(cc(CN(C(=O)O)C5(C)CCC5)cc4C(F)(F)F)C3=O)c2)CN(CC(F)(F)F)C1. The van der Waals surface area contributed by atoms with Crippen LogP contribution in [0.25, 0.3) is 0 Å². The molecule has 2 amide bonds.